The van der Waals surface area contributed by atoms with Crippen molar-refractivity contribution in [3.05, 3.63) is 54.0 Å². The third kappa shape index (κ3) is 3.87. The zero-order chi connectivity index (χ0) is 16.8. The van der Waals surface area contributed by atoms with Gasteiger partial charge in [0.2, 0.25) is 0 Å². The fourth-order valence-corrected chi connectivity index (χ4v) is 2.91. The van der Waals surface area contributed by atoms with Gasteiger partial charge in [-0.2, -0.15) is 5.26 Å². The number of carbonyl (C=O) groups excluding carboxylic acids is 1. The molecule has 0 spiro atoms. The average molecular weight is 321 g/mol. The molecule has 1 saturated heterocycles. The summed E-state index contributed by atoms with van der Waals surface area (Å²) in [6.45, 7) is 2.52. The van der Waals surface area contributed by atoms with Crippen LogP contribution in [-0.2, 0) is 0 Å². The van der Waals surface area contributed by atoms with Crippen LogP contribution in [0.2, 0.25) is 0 Å². The second-order valence-electron chi connectivity index (χ2n) is 5.90. The van der Waals surface area contributed by atoms with E-state index in [1.165, 1.54) is 6.20 Å². The molecule has 1 N–H and O–H groups in total. The van der Waals surface area contributed by atoms with Crippen LogP contribution in [-0.4, -0.2) is 35.5 Å². The Morgan fingerprint density at radius 3 is 2.96 bits per heavy atom. The molecule has 1 atom stereocenters. The van der Waals surface area contributed by atoms with E-state index < -0.39 is 0 Å². The molecule has 2 aromatic rings. The SMILES string of the molecule is N#Cc1ccc(C(=O)NCC2CCCN(c3ccccn3)C2)cn1. The first-order valence-corrected chi connectivity index (χ1v) is 8.06. The lowest BCUT2D eigenvalue weighted by molar-refractivity contribution is 0.0945. The van der Waals surface area contributed by atoms with E-state index in [1.54, 1.807) is 18.3 Å². The predicted octanol–water partition coefficient (Wildman–Crippen LogP) is 1.99. The highest BCUT2D eigenvalue weighted by molar-refractivity contribution is 5.93. The van der Waals surface area contributed by atoms with Crippen LogP contribution in [0.5, 0.6) is 0 Å². The van der Waals surface area contributed by atoms with Gasteiger partial charge in [-0.3, -0.25) is 4.79 Å². The summed E-state index contributed by atoms with van der Waals surface area (Å²) in [5.41, 5.74) is 0.788. The van der Waals surface area contributed by atoms with E-state index in [4.69, 9.17) is 5.26 Å². The third-order valence-corrected chi connectivity index (χ3v) is 4.18. The Morgan fingerprint density at radius 2 is 2.25 bits per heavy atom. The van der Waals surface area contributed by atoms with E-state index in [1.807, 2.05) is 24.3 Å². The quantitative estimate of drug-likeness (QED) is 0.931. The van der Waals surface area contributed by atoms with Gasteiger partial charge in [0.1, 0.15) is 17.6 Å². The van der Waals surface area contributed by atoms with Crippen LogP contribution >= 0.6 is 0 Å². The summed E-state index contributed by atoms with van der Waals surface area (Å²) in [6, 6.07) is 11.0. The number of carbonyl (C=O) groups is 1. The van der Waals surface area contributed by atoms with Crippen molar-refractivity contribution in [2.75, 3.05) is 24.5 Å². The summed E-state index contributed by atoms with van der Waals surface area (Å²) >= 11 is 0. The van der Waals surface area contributed by atoms with Gasteiger partial charge in [0.05, 0.1) is 5.56 Å². The van der Waals surface area contributed by atoms with Crippen LogP contribution < -0.4 is 10.2 Å². The fraction of sp³-hybridized carbons (Fsp3) is 0.333. The third-order valence-electron chi connectivity index (χ3n) is 4.18. The summed E-state index contributed by atoms with van der Waals surface area (Å²) in [5.74, 6) is 1.24. The number of amides is 1. The van der Waals surface area contributed by atoms with Crippen LogP contribution in [0, 0.1) is 17.2 Å². The van der Waals surface area contributed by atoms with Gasteiger partial charge in [-0.25, -0.2) is 9.97 Å². The molecule has 0 saturated carbocycles. The fourth-order valence-electron chi connectivity index (χ4n) is 2.91. The Balaban J connectivity index is 1.54. The Labute approximate surface area is 141 Å². The van der Waals surface area contributed by atoms with Gasteiger partial charge in [-0.1, -0.05) is 6.07 Å². The van der Waals surface area contributed by atoms with Gasteiger partial charge in [-0.15, -0.1) is 0 Å². The zero-order valence-electron chi connectivity index (χ0n) is 13.4. The van der Waals surface area contributed by atoms with Crippen molar-refractivity contribution in [3.8, 4) is 6.07 Å². The van der Waals surface area contributed by atoms with Gasteiger partial charge in [0.15, 0.2) is 0 Å². The smallest absolute Gasteiger partial charge is 0.252 e. The molecular formula is C18H19N5O. The minimum absolute atomic E-state index is 0.151. The molecule has 6 heteroatoms. The lowest BCUT2D eigenvalue weighted by Gasteiger charge is -2.33. The van der Waals surface area contributed by atoms with E-state index in [2.05, 4.69) is 20.2 Å². The number of pyridine rings is 2. The van der Waals surface area contributed by atoms with E-state index in [0.717, 1.165) is 31.7 Å². The summed E-state index contributed by atoms with van der Waals surface area (Å²) in [7, 11) is 0. The molecule has 6 nitrogen and oxygen atoms in total. The molecule has 24 heavy (non-hydrogen) atoms. The normalized spacial score (nSPS) is 17.1. The summed E-state index contributed by atoms with van der Waals surface area (Å²) in [6.07, 6.45) is 5.43. The Kier molecular flexibility index (Phi) is 5.02. The maximum atomic E-state index is 12.2. The number of hydrogen-bond acceptors (Lipinski definition) is 5. The number of aromatic nitrogens is 2. The molecule has 0 aliphatic carbocycles. The van der Waals surface area contributed by atoms with Crippen LogP contribution in [0.3, 0.4) is 0 Å². The topological polar surface area (TPSA) is 81.9 Å². The highest BCUT2D eigenvalue weighted by Gasteiger charge is 2.21. The Bertz CT molecular complexity index is 723. The van der Waals surface area contributed by atoms with Crippen LogP contribution in [0.4, 0.5) is 5.82 Å². The van der Waals surface area contributed by atoms with Crippen molar-refractivity contribution >= 4 is 11.7 Å². The number of nitriles is 1. The highest BCUT2D eigenvalue weighted by atomic mass is 16.1. The molecule has 0 radical (unpaired) electrons. The number of rotatable bonds is 4. The number of piperidine rings is 1. The molecule has 2 aromatic heterocycles. The van der Waals surface area contributed by atoms with E-state index >= 15 is 0 Å². The highest BCUT2D eigenvalue weighted by Crippen LogP contribution is 2.20. The number of nitrogens with zero attached hydrogens (tertiary/aromatic N) is 4. The zero-order valence-corrected chi connectivity index (χ0v) is 13.4. The lowest BCUT2D eigenvalue weighted by atomic mass is 9.98. The molecule has 1 fully saturated rings. The second kappa shape index (κ2) is 7.55. The summed E-state index contributed by atoms with van der Waals surface area (Å²) < 4.78 is 0. The molecule has 122 valence electrons. The molecule has 1 amide bonds. The van der Waals surface area contributed by atoms with Crippen molar-refractivity contribution in [1.29, 1.82) is 5.26 Å². The maximum absolute atomic E-state index is 12.2. The van der Waals surface area contributed by atoms with Crippen molar-refractivity contribution < 1.29 is 4.79 Å². The maximum Gasteiger partial charge on any atom is 0.252 e. The summed E-state index contributed by atoms with van der Waals surface area (Å²) in [4.78, 5) is 22.8. The van der Waals surface area contributed by atoms with Gasteiger partial charge in [0.25, 0.3) is 5.91 Å². The molecule has 1 aliphatic rings. The van der Waals surface area contributed by atoms with Gasteiger partial charge < -0.3 is 10.2 Å². The predicted molar refractivity (Wildman–Crippen MR) is 90.5 cm³/mol. The minimum Gasteiger partial charge on any atom is -0.356 e. The molecular weight excluding hydrogens is 302 g/mol. The molecule has 1 unspecified atom stereocenters. The van der Waals surface area contributed by atoms with Crippen LogP contribution in [0.15, 0.2) is 42.7 Å². The summed E-state index contributed by atoms with van der Waals surface area (Å²) in [5, 5.41) is 11.7. The molecule has 0 aromatic carbocycles. The van der Waals surface area contributed by atoms with Gasteiger partial charge in [-0.05, 0) is 43.0 Å². The molecule has 3 rings (SSSR count). The second-order valence-corrected chi connectivity index (χ2v) is 5.90. The van der Waals surface area contributed by atoms with Crippen molar-refractivity contribution in [2.24, 2.45) is 5.92 Å². The van der Waals surface area contributed by atoms with E-state index in [0.29, 0.717) is 23.7 Å². The van der Waals surface area contributed by atoms with Gasteiger partial charge >= 0.3 is 0 Å². The number of nitrogens with one attached hydrogen (secondary N) is 1. The first-order valence-electron chi connectivity index (χ1n) is 8.06. The first-order chi connectivity index (χ1) is 11.8. The average Bonchev–Trinajstić information content (AvgIpc) is 2.67. The van der Waals surface area contributed by atoms with Gasteiger partial charge in [0, 0.05) is 32.0 Å². The standard InChI is InChI=1S/C18H19N5O/c19-10-16-7-6-15(12-21-16)18(24)22-11-14-4-3-9-23(13-14)17-5-1-2-8-20-17/h1-2,5-8,12,14H,3-4,9,11,13H2,(H,22,24). The minimum atomic E-state index is -0.151. The number of anilines is 1. The number of hydrogen-bond donors (Lipinski definition) is 1. The Morgan fingerprint density at radius 1 is 1.33 bits per heavy atom. The van der Waals surface area contributed by atoms with E-state index in [9.17, 15) is 4.79 Å². The van der Waals surface area contributed by atoms with Crippen molar-refractivity contribution in [1.82, 2.24) is 15.3 Å². The largest absolute Gasteiger partial charge is 0.356 e. The molecule has 0 bridgehead atoms. The molecule has 1 aliphatic heterocycles. The van der Waals surface area contributed by atoms with Crippen LogP contribution in [0.25, 0.3) is 0 Å². The van der Waals surface area contributed by atoms with E-state index in [-0.39, 0.29) is 5.91 Å². The first kappa shape index (κ1) is 15.9. The molecule has 3 heterocycles. The van der Waals surface area contributed by atoms with Crippen molar-refractivity contribution in [3.63, 3.8) is 0 Å². The van der Waals surface area contributed by atoms with Crippen LogP contribution in [0.1, 0.15) is 28.9 Å². The van der Waals surface area contributed by atoms with Crippen molar-refractivity contribution in [2.45, 2.75) is 12.8 Å². The lowest BCUT2D eigenvalue weighted by Crippen LogP contribution is -2.41. The Hall–Kier alpha value is -2.94. The monoisotopic (exact) mass is 321 g/mol.